The van der Waals surface area contributed by atoms with Crippen molar-refractivity contribution in [2.24, 2.45) is 11.8 Å². The second-order valence-corrected chi connectivity index (χ2v) is 13.1. The van der Waals surface area contributed by atoms with E-state index in [0.29, 0.717) is 31.3 Å². The van der Waals surface area contributed by atoms with Crippen LogP contribution in [0.15, 0.2) is 71.5 Å². The van der Waals surface area contributed by atoms with Gasteiger partial charge in [0, 0.05) is 37.0 Å². The molecule has 2 bridgehead atoms. The summed E-state index contributed by atoms with van der Waals surface area (Å²) in [5.41, 5.74) is -0.190. The number of nitrogens with one attached hydrogen (secondary N) is 2. The molecule has 3 aliphatic carbocycles. The zero-order valence-electron chi connectivity index (χ0n) is 27.7. The van der Waals surface area contributed by atoms with Crippen LogP contribution in [0, 0.1) is 11.8 Å². The van der Waals surface area contributed by atoms with Gasteiger partial charge in [0.25, 0.3) is 0 Å². The highest BCUT2D eigenvalue weighted by molar-refractivity contribution is 6.21. The molecule has 1 aliphatic heterocycles. The highest BCUT2D eigenvalue weighted by atomic mass is 16.5. The summed E-state index contributed by atoms with van der Waals surface area (Å²) in [6.45, 7) is 3.59. The van der Waals surface area contributed by atoms with Crippen molar-refractivity contribution in [3.8, 4) is 0 Å². The molecule has 2 saturated carbocycles. The Bertz CT molecular complexity index is 1390. The molecule has 0 aromatic heterocycles. The molecule has 4 atom stereocenters. The fourth-order valence-electron chi connectivity index (χ4n) is 6.18. The van der Waals surface area contributed by atoms with Crippen LogP contribution in [0.3, 0.4) is 0 Å². The van der Waals surface area contributed by atoms with Gasteiger partial charge in [-0.15, -0.1) is 0 Å². The first-order chi connectivity index (χ1) is 22.5. The largest absolute Gasteiger partial charge is 0.460 e. The number of aliphatic hydroxyl groups excluding tert-OH is 1. The Balaban J connectivity index is 1.52. The second-order valence-electron chi connectivity index (χ2n) is 13.1. The molecular formula is C37H48N2O8. The molecule has 0 aromatic rings. The summed E-state index contributed by atoms with van der Waals surface area (Å²) in [6, 6.07) is 0. The molecule has 0 radical (unpaired) electrons. The van der Waals surface area contributed by atoms with Crippen LogP contribution in [0.1, 0.15) is 84.5 Å². The third kappa shape index (κ3) is 10.0. The zero-order chi connectivity index (χ0) is 34.0. The van der Waals surface area contributed by atoms with Crippen molar-refractivity contribution in [2.75, 3.05) is 7.11 Å². The topological polar surface area (TPSA) is 148 Å². The minimum Gasteiger partial charge on any atom is -0.460 e. The third-order valence-electron chi connectivity index (χ3n) is 9.43. The van der Waals surface area contributed by atoms with Gasteiger partial charge in [-0.1, -0.05) is 68.7 Å². The standard InChI is InChI=1S/C37H48N2O8/c1-24-13-12-16-27-21-28(40)22-30(34(27)43)38-32(41)23-29(46-3)17-10-5-4-6-11-18-31(25(2)33(24)42)47-36(45)37(19-20-37)39-35(44)26-14-8-7-9-15-26/h4-6,10-11,13,17,21-22,25-26,29,31,33,42H,7-9,12,14-16,18-20,23H2,1-3H3,(H,38,41)(H,39,44)/b5-4-,11-6-,17-10-,24-13-/t25-,29-,31-,33-/m0/s1. The monoisotopic (exact) mass is 648 g/mol. The molecule has 0 saturated heterocycles. The van der Waals surface area contributed by atoms with Gasteiger partial charge in [-0.2, -0.15) is 0 Å². The van der Waals surface area contributed by atoms with E-state index in [9.17, 15) is 29.1 Å². The number of aliphatic hydroxyl groups is 1. The molecule has 2 fully saturated rings. The van der Waals surface area contributed by atoms with E-state index in [-0.39, 0.29) is 35.9 Å². The van der Waals surface area contributed by atoms with Gasteiger partial charge in [-0.25, -0.2) is 4.79 Å². The van der Waals surface area contributed by atoms with Crippen molar-refractivity contribution in [3.63, 3.8) is 0 Å². The van der Waals surface area contributed by atoms with Gasteiger partial charge in [-0.05, 0) is 57.1 Å². The maximum atomic E-state index is 13.5. The molecule has 10 nitrogen and oxygen atoms in total. The van der Waals surface area contributed by atoms with E-state index < -0.39 is 53.2 Å². The smallest absolute Gasteiger partial charge is 0.332 e. The van der Waals surface area contributed by atoms with Gasteiger partial charge in [-0.3, -0.25) is 19.2 Å². The fraction of sp³-hybridized carbons (Fsp3) is 0.541. The maximum Gasteiger partial charge on any atom is 0.332 e. The Morgan fingerprint density at radius 3 is 2.45 bits per heavy atom. The number of rotatable bonds is 5. The van der Waals surface area contributed by atoms with E-state index in [1.807, 2.05) is 19.1 Å². The van der Waals surface area contributed by atoms with Crippen LogP contribution >= 0.6 is 0 Å². The van der Waals surface area contributed by atoms with Gasteiger partial charge < -0.3 is 25.2 Å². The first kappa shape index (κ1) is 36.0. The van der Waals surface area contributed by atoms with Crippen LogP contribution in [0.25, 0.3) is 0 Å². The lowest BCUT2D eigenvalue weighted by atomic mass is 9.88. The molecule has 0 spiro atoms. The average molecular weight is 649 g/mol. The number of allylic oxidation sites excluding steroid dienone is 8. The SMILES string of the molecule is CO[C@H]1\C=C/C=C\C=C/C[C@H](OC(=O)C2(NC(=O)C3CCCCC3)CC2)[C@H](C)[C@@H](O)/C(C)=C\CCC2=CC(=O)C=C(NC(=O)C1)C2=O. The molecule has 47 heavy (non-hydrogen) atoms. The lowest BCUT2D eigenvalue weighted by Gasteiger charge is -2.30. The van der Waals surface area contributed by atoms with Crippen LogP contribution in [-0.4, -0.2) is 65.4 Å². The molecule has 1 heterocycles. The van der Waals surface area contributed by atoms with Crippen molar-refractivity contribution < 1.29 is 38.6 Å². The Labute approximate surface area is 277 Å². The number of carbonyl (C=O) groups is 5. The molecule has 2 amide bonds. The van der Waals surface area contributed by atoms with E-state index in [2.05, 4.69) is 10.6 Å². The number of Topliss-reactive ketones (excluding diaryl/α,β-unsaturated/α-hetero) is 1. The van der Waals surface area contributed by atoms with Gasteiger partial charge in [0.1, 0.15) is 11.6 Å². The van der Waals surface area contributed by atoms with Crippen molar-refractivity contribution >= 4 is 29.4 Å². The first-order valence-electron chi connectivity index (χ1n) is 16.7. The molecule has 4 rings (SSSR count). The van der Waals surface area contributed by atoms with Gasteiger partial charge in [0.2, 0.25) is 17.6 Å². The second kappa shape index (κ2) is 16.8. The number of hydrogen-bond donors (Lipinski definition) is 3. The molecule has 254 valence electrons. The highest BCUT2D eigenvalue weighted by Crippen LogP contribution is 2.39. The number of carbonyl (C=O) groups excluding carboxylic acids is 5. The Morgan fingerprint density at radius 2 is 1.74 bits per heavy atom. The third-order valence-corrected chi connectivity index (χ3v) is 9.43. The van der Waals surface area contributed by atoms with Crippen LogP contribution in [0.4, 0.5) is 0 Å². The van der Waals surface area contributed by atoms with Crippen molar-refractivity contribution in [2.45, 2.75) is 108 Å². The first-order valence-corrected chi connectivity index (χ1v) is 16.7. The molecule has 4 aliphatic rings. The summed E-state index contributed by atoms with van der Waals surface area (Å²) < 4.78 is 11.4. The van der Waals surface area contributed by atoms with Gasteiger partial charge >= 0.3 is 5.97 Å². The van der Waals surface area contributed by atoms with E-state index in [4.69, 9.17) is 9.47 Å². The molecule has 0 aromatic carbocycles. The summed E-state index contributed by atoms with van der Waals surface area (Å²) in [4.78, 5) is 64.6. The molecule has 3 N–H and O–H groups in total. The van der Waals surface area contributed by atoms with Gasteiger partial charge in [0.15, 0.2) is 5.78 Å². The summed E-state index contributed by atoms with van der Waals surface area (Å²) >= 11 is 0. The predicted molar refractivity (Wildman–Crippen MR) is 176 cm³/mol. The number of fused-ring (bicyclic) bond motifs is 2. The van der Waals surface area contributed by atoms with E-state index >= 15 is 0 Å². The van der Waals surface area contributed by atoms with E-state index in [1.165, 1.54) is 13.2 Å². The van der Waals surface area contributed by atoms with E-state index in [1.54, 1.807) is 37.3 Å². The van der Waals surface area contributed by atoms with Crippen molar-refractivity contribution in [3.05, 3.63) is 71.5 Å². The van der Waals surface area contributed by atoms with E-state index in [0.717, 1.165) is 38.2 Å². The molecule has 10 heteroatoms. The summed E-state index contributed by atoms with van der Waals surface area (Å²) in [5.74, 6) is -2.41. The van der Waals surface area contributed by atoms with Crippen molar-refractivity contribution in [1.82, 2.24) is 10.6 Å². The number of ether oxygens (including phenoxy) is 2. The quantitative estimate of drug-likeness (QED) is 0.226. The number of methoxy groups -OCH3 is 1. The predicted octanol–water partition coefficient (Wildman–Crippen LogP) is 4.41. The number of amides is 2. The lowest BCUT2D eigenvalue weighted by Crippen LogP contribution is -2.48. The van der Waals surface area contributed by atoms with Crippen molar-refractivity contribution in [1.29, 1.82) is 0 Å². The average Bonchev–Trinajstić information content (AvgIpc) is 3.84. The maximum absolute atomic E-state index is 13.5. The van der Waals surface area contributed by atoms with Crippen LogP contribution in [-0.2, 0) is 33.4 Å². The normalized spacial score (nSPS) is 31.0. The summed E-state index contributed by atoms with van der Waals surface area (Å²) in [7, 11) is 1.47. The van der Waals surface area contributed by atoms with Crippen LogP contribution in [0.2, 0.25) is 0 Å². The number of ketones is 2. The Morgan fingerprint density at radius 1 is 1.02 bits per heavy atom. The Hall–Kier alpha value is -3.89. The summed E-state index contributed by atoms with van der Waals surface area (Å²) in [5, 5.41) is 16.9. The van der Waals surface area contributed by atoms with Gasteiger partial charge in [0.05, 0.1) is 24.3 Å². The highest BCUT2D eigenvalue weighted by Gasteiger charge is 2.54. The Kier molecular flexibility index (Phi) is 12.8. The minimum absolute atomic E-state index is 0.0537. The molecule has 0 unspecified atom stereocenters. The minimum atomic E-state index is -1.01. The zero-order valence-corrected chi connectivity index (χ0v) is 27.7. The lowest BCUT2D eigenvalue weighted by molar-refractivity contribution is -0.158. The molecular weight excluding hydrogens is 600 g/mol. The number of esters is 1. The van der Waals surface area contributed by atoms with Crippen LogP contribution in [0.5, 0.6) is 0 Å². The number of hydrogen-bond acceptors (Lipinski definition) is 8. The fourth-order valence-corrected chi connectivity index (χ4v) is 6.18. The summed E-state index contributed by atoms with van der Waals surface area (Å²) in [6.07, 6.45) is 19.4. The van der Waals surface area contributed by atoms with Crippen LogP contribution < -0.4 is 10.6 Å².